The Morgan fingerprint density at radius 3 is 2.71 bits per heavy atom. The summed E-state index contributed by atoms with van der Waals surface area (Å²) in [5.41, 5.74) is 2.87. The van der Waals surface area contributed by atoms with E-state index in [2.05, 4.69) is 43.0 Å². The molecule has 2 aliphatic rings. The van der Waals surface area contributed by atoms with Crippen molar-refractivity contribution in [3.63, 3.8) is 0 Å². The van der Waals surface area contributed by atoms with Crippen LogP contribution in [-0.2, 0) is 11.3 Å². The van der Waals surface area contributed by atoms with Gasteiger partial charge in [-0.2, -0.15) is 0 Å². The zero-order valence-corrected chi connectivity index (χ0v) is 19.1. The molecule has 1 saturated heterocycles. The number of rotatable bonds is 1. The van der Waals surface area contributed by atoms with Crippen molar-refractivity contribution < 1.29 is 14.3 Å². The van der Waals surface area contributed by atoms with Crippen molar-refractivity contribution in [3.05, 3.63) is 60.4 Å². The number of benzene rings is 2. The van der Waals surface area contributed by atoms with Crippen LogP contribution in [0.1, 0.15) is 18.4 Å². The Morgan fingerprint density at radius 2 is 1.88 bits per heavy atom. The van der Waals surface area contributed by atoms with Crippen molar-refractivity contribution in [3.8, 4) is 11.5 Å². The molecule has 3 aromatic rings. The normalized spacial score (nSPS) is 18.6. The number of hydrogen-bond donors (Lipinski definition) is 3. The maximum Gasteiger partial charge on any atom is 0.237 e. The molecule has 0 radical (unpaired) electrons. The van der Waals surface area contributed by atoms with Gasteiger partial charge in [-0.25, -0.2) is 9.97 Å². The first kappa shape index (κ1) is 22.0. The number of aromatic nitrogens is 2. The third kappa shape index (κ3) is 5.04. The minimum absolute atomic E-state index is 0.0435. The van der Waals surface area contributed by atoms with E-state index in [4.69, 9.17) is 9.47 Å². The van der Waals surface area contributed by atoms with Gasteiger partial charge in [-0.1, -0.05) is 12.1 Å². The lowest BCUT2D eigenvalue weighted by molar-refractivity contribution is -0.125. The van der Waals surface area contributed by atoms with E-state index < -0.39 is 0 Å². The second-order valence-corrected chi connectivity index (χ2v) is 8.37. The molecule has 0 aliphatic carbocycles. The summed E-state index contributed by atoms with van der Waals surface area (Å²) in [6, 6.07) is 15.5. The van der Waals surface area contributed by atoms with E-state index >= 15 is 0 Å². The Kier molecular flexibility index (Phi) is 6.44. The van der Waals surface area contributed by atoms with Gasteiger partial charge in [0.15, 0.2) is 11.5 Å². The number of ether oxygens (including phenoxy) is 2. The number of nitrogens with one attached hydrogen (secondary N) is 3. The highest BCUT2D eigenvalue weighted by molar-refractivity contribution is 5.82. The molecule has 0 spiro atoms. The molecule has 1 aromatic heterocycles. The van der Waals surface area contributed by atoms with Gasteiger partial charge in [-0.05, 0) is 49.2 Å². The first-order valence-electron chi connectivity index (χ1n) is 11.5. The maximum absolute atomic E-state index is 12.9. The van der Waals surface area contributed by atoms with Crippen molar-refractivity contribution in [1.29, 1.82) is 0 Å². The third-order valence-corrected chi connectivity index (χ3v) is 6.01. The Bertz CT molecular complexity index is 1170. The van der Waals surface area contributed by atoms with Gasteiger partial charge in [-0.15, -0.1) is 0 Å². The van der Waals surface area contributed by atoms with Crippen LogP contribution in [0.15, 0.2) is 54.9 Å². The van der Waals surface area contributed by atoms with Crippen molar-refractivity contribution in [2.45, 2.75) is 25.4 Å². The monoisotopic (exact) mass is 460 g/mol. The molecule has 3 N–H and O–H groups in total. The Balaban J connectivity index is 1.46. The molecule has 1 atom stereocenters. The van der Waals surface area contributed by atoms with Gasteiger partial charge >= 0.3 is 0 Å². The quantitative estimate of drug-likeness (QED) is 0.508. The number of amides is 1. The van der Waals surface area contributed by atoms with Crippen LogP contribution in [0, 0.1) is 0 Å². The van der Waals surface area contributed by atoms with Crippen LogP contribution >= 0.6 is 0 Å². The molecule has 2 aromatic carbocycles. The highest BCUT2D eigenvalue weighted by Crippen LogP contribution is 2.31. The minimum atomic E-state index is -0.134. The van der Waals surface area contributed by atoms with Crippen LogP contribution in [0.25, 0.3) is 0 Å². The molecule has 5 rings (SSSR count). The zero-order chi connectivity index (χ0) is 23.3. The van der Waals surface area contributed by atoms with Crippen molar-refractivity contribution in [2.24, 2.45) is 0 Å². The largest absolute Gasteiger partial charge is 0.493 e. The number of fused-ring (bicyclic) bond motifs is 7. The molecular weight excluding hydrogens is 432 g/mol. The van der Waals surface area contributed by atoms with E-state index in [1.807, 2.05) is 36.4 Å². The van der Waals surface area contributed by atoms with E-state index in [0.717, 1.165) is 36.3 Å². The summed E-state index contributed by atoms with van der Waals surface area (Å²) in [4.78, 5) is 23.8. The number of hydrogen-bond acceptors (Lipinski definition) is 8. The summed E-state index contributed by atoms with van der Waals surface area (Å²) in [6.45, 7) is 2.36. The SMILES string of the molecule is COc1ccc2cc1OCCNC(=O)C1CCCN1Cc1cccc(c1)Nc1cc(ncn1)N2. The summed E-state index contributed by atoms with van der Waals surface area (Å²) in [6.07, 6.45) is 3.38. The summed E-state index contributed by atoms with van der Waals surface area (Å²) in [5.74, 6) is 2.58. The van der Waals surface area contributed by atoms with Crippen LogP contribution in [0.2, 0.25) is 0 Å². The Labute approximate surface area is 198 Å². The summed E-state index contributed by atoms with van der Waals surface area (Å²) in [5, 5.41) is 9.68. The van der Waals surface area contributed by atoms with Crippen LogP contribution in [0.4, 0.5) is 23.0 Å². The van der Waals surface area contributed by atoms with E-state index in [-0.39, 0.29) is 11.9 Å². The Morgan fingerprint density at radius 1 is 1.06 bits per heavy atom. The van der Waals surface area contributed by atoms with E-state index in [1.165, 1.54) is 6.33 Å². The summed E-state index contributed by atoms with van der Waals surface area (Å²) >= 11 is 0. The van der Waals surface area contributed by atoms with Crippen molar-refractivity contribution in [1.82, 2.24) is 20.2 Å². The lowest BCUT2D eigenvalue weighted by Gasteiger charge is -2.24. The fourth-order valence-electron chi connectivity index (χ4n) is 4.40. The number of carbonyl (C=O) groups excluding carboxylic acids is 1. The fourth-order valence-corrected chi connectivity index (χ4v) is 4.40. The van der Waals surface area contributed by atoms with Crippen LogP contribution in [-0.4, -0.2) is 53.6 Å². The first-order valence-corrected chi connectivity index (χ1v) is 11.5. The van der Waals surface area contributed by atoms with Gasteiger partial charge in [0.25, 0.3) is 0 Å². The summed E-state index contributed by atoms with van der Waals surface area (Å²) in [7, 11) is 1.60. The zero-order valence-electron chi connectivity index (χ0n) is 19.1. The van der Waals surface area contributed by atoms with E-state index in [0.29, 0.717) is 42.8 Å². The van der Waals surface area contributed by atoms with Crippen molar-refractivity contribution in [2.75, 3.05) is 37.4 Å². The number of nitrogens with zero attached hydrogens (tertiary/aromatic N) is 3. The average Bonchev–Trinajstić information content (AvgIpc) is 3.30. The molecule has 1 amide bonds. The Hall–Kier alpha value is -3.85. The van der Waals surface area contributed by atoms with E-state index in [9.17, 15) is 4.79 Å². The molecule has 176 valence electrons. The predicted octanol–water partition coefficient (Wildman–Crippen LogP) is 3.45. The molecule has 2 aliphatic heterocycles. The first-order chi connectivity index (χ1) is 16.7. The number of anilines is 4. The molecular formula is C25H28N6O3. The summed E-state index contributed by atoms with van der Waals surface area (Å²) < 4.78 is 11.4. The minimum Gasteiger partial charge on any atom is -0.493 e. The van der Waals surface area contributed by atoms with Gasteiger partial charge < -0.3 is 25.4 Å². The number of methoxy groups -OCH3 is 1. The second-order valence-electron chi connectivity index (χ2n) is 8.37. The molecule has 3 heterocycles. The third-order valence-electron chi connectivity index (χ3n) is 6.01. The van der Waals surface area contributed by atoms with Gasteiger partial charge in [0, 0.05) is 30.1 Å². The molecule has 0 saturated carbocycles. The van der Waals surface area contributed by atoms with Gasteiger partial charge in [0.2, 0.25) is 5.91 Å². The fraction of sp³-hybridized carbons (Fsp3) is 0.320. The van der Waals surface area contributed by atoms with Crippen LogP contribution < -0.4 is 25.4 Å². The van der Waals surface area contributed by atoms with Gasteiger partial charge in [0.1, 0.15) is 24.6 Å². The van der Waals surface area contributed by atoms with Gasteiger partial charge in [-0.3, -0.25) is 9.69 Å². The van der Waals surface area contributed by atoms with Crippen LogP contribution in [0.5, 0.6) is 11.5 Å². The molecule has 34 heavy (non-hydrogen) atoms. The molecule has 6 bridgehead atoms. The topological polar surface area (TPSA) is 101 Å². The molecule has 9 nitrogen and oxygen atoms in total. The predicted molar refractivity (Wildman–Crippen MR) is 130 cm³/mol. The smallest absolute Gasteiger partial charge is 0.237 e. The highest BCUT2D eigenvalue weighted by Gasteiger charge is 2.30. The van der Waals surface area contributed by atoms with Gasteiger partial charge in [0.05, 0.1) is 19.7 Å². The second kappa shape index (κ2) is 9.96. The standard InChI is InChI=1S/C25H28N6O3/c1-33-21-8-7-19-13-22(21)34-11-9-26-25(32)20-6-3-10-31(20)15-17-4-2-5-18(12-17)29-23-14-24(30-19)28-16-27-23/h2,4-5,7-8,12-14,16,20H,3,6,9-11,15H2,1H3,(H,26,32)(H2,27,28,29,30). The van der Waals surface area contributed by atoms with E-state index in [1.54, 1.807) is 7.11 Å². The highest BCUT2D eigenvalue weighted by atomic mass is 16.5. The number of carbonyl (C=O) groups is 1. The molecule has 1 unspecified atom stereocenters. The lowest BCUT2D eigenvalue weighted by atomic mass is 10.1. The van der Waals surface area contributed by atoms with Crippen molar-refractivity contribution >= 4 is 28.9 Å². The molecule has 1 fully saturated rings. The maximum atomic E-state index is 12.9. The average molecular weight is 461 g/mol. The molecule has 9 heteroatoms. The lowest BCUT2D eigenvalue weighted by Crippen LogP contribution is -2.44. The van der Waals surface area contributed by atoms with Crippen LogP contribution in [0.3, 0.4) is 0 Å².